The predicted octanol–water partition coefficient (Wildman–Crippen LogP) is 2.80. The van der Waals surface area contributed by atoms with Crippen LogP contribution in [0.25, 0.3) is 0 Å². The maximum atomic E-state index is 11.8. The maximum Gasteiger partial charge on any atom is 0.222 e. The van der Waals surface area contributed by atoms with Crippen LogP contribution in [0.5, 0.6) is 5.75 Å². The molecule has 0 spiro atoms. The highest BCUT2D eigenvalue weighted by Gasteiger charge is 2.25. The highest BCUT2D eigenvalue weighted by Crippen LogP contribution is 2.24. The van der Waals surface area contributed by atoms with Crippen molar-refractivity contribution >= 4 is 23.5 Å². The largest absolute Gasteiger partial charge is 0.493 e. The summed E-state index contributed by atoms with van der Waals surface area (Å²) >= 11 is 6.06. The Morgan fingerprint density at radius 3 is 2.88 bits per heavy atom. The highest BCUT2D eigenvalue weighted by molar-refractivity contribution is 6.30. The quantitative estimate of drug-likeness (QED) is 0.564. The second-order valence-corrected chi connectivity index (χ2v) is 6.64. The van der Waals surface area contributed by atoms with Crippen LogP contribution in [0.3, 0.4) is 0 Å². The smallest absolute Gasteiger partial charge is 0.222 e. The lowest BCUT2D eigenvalue weighted by atomic mass is 10.2. The number of benzene rings is 1. The van der Waals surface area contributed by atoms with Gasteiger partial charge in [-0.1, -0.05) is 24.6 Å². The number of nitrogens with zero attached hydrogens (tertiary/aromatic N) is 2. The summed E-state index contributed by atoms with van der Waals surface area (Å²) in [6, 6.07) is 5.83. The molecule has 1 aromatic carbocycles. The van der Waals surface area contributed by atoms with Crippen molar-refractivity contribution in [1.29, 1.82) is 0 Å². The summed E-state index contributed by atoms with van der Waals surface area (Å²) in [6.07, 6.45) is 1.49. The molecule has 6 nitrogen and oxygen atoms in total. The van der Waals surface area contributed by atoms with Crippen LogP contribution < -0.4 is 15.4 Å². The minimum atomic E-state index is 0.207. The zero-order valence-corrected chi connectivity index (χ0v) is 16.6. The Labute approximate surface area is 161 Å². The van der Waals surface area contributed by atoms with Crippen LogP contribution in [-0.2, 0) is 11.3 Å². The van der Waals surface area contributed by atoms with Crippen molar-refractivity contribution in [3.05, 3.63) is 28.8 Å². The van der Waals surface area contributed by atoms with E-state index >= 15 is 0 Å². The summed E-state index contributed by atoms with van der Waals surface area (Å²) < 4.78 is 5.66. The molecule has 1 aromatic rings. The summed E-state index contributed by atoms with van der Waals surface area (Å²) in [5.74, 6) is 1.72. The van der Waals surface area contributed by atoms with Crippen molar-refractivity contribution in [3.63, 3.8) is 0 Å². The van der Waals surface area contributed by atoms with E-state index in [2.05, 4.69) is 15.6 Å². The third-order valence-corrected chi connectivity index (χ3v) is 4.50. The Hall–Kier alpha value is -1.95. The molecular formula is C19H29ClN4O2. The summed E-state index contributed by atoms with van der Waals surface area (Å²) in [6.45, 7) is 9.25. The number of nitrogens with one attached hydrogen (secondary N) is 2. The van der Waals surface area contributed by atoms with Gasteiger partial charge in [0.1, 0.15) is 5.75 Å². The van der Waals surface area contributed by atoms with E-state index in [4.69, 9.17) is 16.3 Å². The number of halogens is 1. The van der Waals surface area contributed by atoms with Crippen LogP contribution in [0.15, 0.2) is 23.2 Å². The number of aliphatic imine (C=N–C) groups is 1. The minimum absolute atomic E-state index is 0.207. The Balaban J connectivity index is 2.02. The number of guanidine groups is 1. The van der Waals surface area contributed by atoms with Crippen LogP contribution in [0.4, 0.5) is 0 Å². The molecule has 2 N–H and O–H groups in total. The van der Waals surface area contributed by atoms with E-state index in [0.717, 1.165) is 43.3 Å². The van der Waals surface area contributed by atoms with Crippen LogP contribution in [0.1, 0.15) is 39.2 Å². The van der Waals surface area contributed by atoms with E-state index in [0.29, 0.717) is 24.6 Å². The van der Waals surface area contributed by atoms with E-state index in [9.17, 15) is 4.79 Å². The van der Waals surface area contributed by atoms with E-state index in [1.807, 2.05) is 43.9 Å². The molecule has 144 valence electrons. The standard InChI is InChI=1S/C19H29ClN4O2/c1-4-18(25)24-10-9-16(13-24)23-19(21-5-2)22-12-14-7-8-15(20)11-17(14)26-6-3/h7-8,11,16H,4-6,9-10,12-13H2,1-3H3,(H2,21,22,23). The van der Waals surface area contributed by atoms with Crippen molar-refractivity contribution in [2.45, 2.75) is 46.2 Å². The Bertz CT molecular complexity index is 636. The number of hydrogen-bond donors (Lipinski definition) is 2. The van der Waals surface area contributed by atoms with E-state index in [1.165, 1.54) is 0 Å². The molecule has 0 radical (unpaired) electrons. The molecule has 1 saturated heterocycles. The third kappa shape index (κ3) is 5.80. The Morgan fingerprint density at radius 1 is 1.38 bits per heavy atom. The second-order valence-electron chi connectivity index (χ2n) is 6.20. The molecule has 1 aliphatic heterocycles. The first-order valence-corrected chi connectivity index (χ1v) is 9.68. The lowest BCUT2D eigenvalue weighted by molar-refractivity contribution is -0.129. The maximum absolute atomic E-state index is 11.8. The zero-order valence-electron chi connectivity index (χ0n) is 15.8. The fourth-order valence-corrected chi connectivity index (χ4v) is 3.12. The summed E-state index contributed by atoms with van der Waals surface area (Å²) in [5, 5.41) is 7.36. The molecule has 1 heterocycles. The molecule has 0 saturated carbocycles. The van der Waals surface area contributed by atoms with Gasteiger partial charge in [0.05, 0.1) is 13.2 Å². The first kappa shape index (κ1) is 20.4. The fourth-order valence-electron chi connectivity index (χ4n) is 2.95. The normalized spacial score (nSPS) is 17.3. The lowest BCUT2D eigenvalue weighted by Gasteiger charge is -2.19. The number of rotatable bonds is 7. The lowest BCUT2D eigenvalue weighted by Crippen LogP contribution is -2.45. The van der Waals surface area contributed by atoms with Gasteiger partial charge in [0.2, 0.25) is 5.91 Å². The number of carbonyl (C=O) groups is 1. The summed E-state index contributed by atoms with van der Waals surface area (Å²) in [5.41, 5.74) is 0.989. The van der Waals surface area contributed by atoms with Crippen molar-refractivity contribution in [1.82, 2.24) is 15.5 Å². The molecule has 7 heteroatoms. The van der Waals surface area contributed by atoms with Gasteiger partial charge in [-0.25, -0.2) is 4.99 Å². The molecular weight excluding hydrogens is 352 g/mol. The van der Waals surface area contributed by atoms with E-state index in [-0.39, 0.29) is 11.9 Å². The number of ether oxygens (including phenoxy) is 1. The Kier molecular flexibility index (Phi) is 8.04. The van der Waals surface area contributed by atoms with Gasteiger partial charge in [-0.3, -0.25) is 4.79 Å². The van der Waals surface area contributed by atoms with Crippen molar-refractivity contribution in [3.8, 4) is 5.75 Å². The molecule has 0 bridgehead atoms. The van der Waals surface area contributed by atoms with Crippen LogP contribution in [-0.4, -0.2) is 49.0 Å². The SMILES string of the molecule is CCNC(=NCc1ccc(Cl)cc1OCC)NC1CCN(C(=O)CC)C1. The van der Waals surface area contributed by atoms with Gasteiger partial charge >= 0.3 is 0 Å². The molecule has 2 rings (SSSR count). The third-order valence-electron chi connectivity index (χ3n) is 4.27. The van der Waals surface area contributed by atoms with Crippen LogP contribution in [0, 0.1) is 0 Å². The highest BCUT2D eigenvalue weighted by atomic mass is 35.5. The monoisotopic (exact) mass is 380 g/mol. The first-order chi connectivity index (χ1) is 12.6. The molecule has 0 aliphatic carbocycles. The van der Waals surface area contributed by atoms with Gasteiger partial charge in [-0.15, -0.1) is 0 Å². The first-order valence-electron chi connectivity index (χ1n) is 9.31. The fraction of sp³-hybridized carbons (Fsp3) is 0.579. The van der Waals surface area contributed by atoms with Gasteiger partial charge in [-0.05, 0) is 32.4 Å². The van der Waals surface area contributed by atoms with Crippen LogP contribution in [0.2, 0.25) is 5.02 Å². The zero-order chi connectivity index (χ0) is 18.9. The summed E-state index contributed by atoms with van der Waals surface area (Å²) in [7, 11) is 0. The number of likely N-dealkylation sites (tertiary alicyclic amines) is 1. The molecule has 0 aromatic heterocycles. The average Bonchev–Trinajstić information content (AvgIpc) is 3.09. The minimum Gasteiger partial charge on any atom is -0.493 e. The van der Waals surface area contributed by atoms with Crippen molar-refractivity contribution in [2.24, 2.45) is 4.99 Å². The average molecular weight is 381 g/mol. The van der Waals surface area contributed by atoms with Gasteiger partial charge in [0.25, 0.3) is 0 Å². The molecule has 1 fully saturated rings. The predicted molar refractivity (Wildman–Crippen MR) is 106 cm³/mol. The second kappa shape index (κ2) is 10.3. The molecule has 1 atom stereocenters. The topological polar surface area (TPSA) is 66.0 Å². The molecule has 26 heavy (non-hydrogen) atoms. The Morgan fingerprint density at radius 2 is 2.19 bits per heavy atom. The van der Waals surface area contributed by atoms with Crippen molar-refractivity contribution < 1.29 is 9.53 Å². The number of amides is 1. The molecule has 1 aliphatic rings. The van der Waals surface area contributed by atoms with E-state index < -0.39 is 0 Å². The molecule has 1 amide bonds. The van der Waals surface area contributed by atoms with Crippen molar-refractivity contribution in [2.75, 3.05) is 26.2 Å². The van der Waals surface area contributed by atoms with Gasteiger partial charge in [-0.2, -0.15) is 0 Å². The van der Waals surface area contributed by atoms with Gasteiger partial charge in [0.15, 0.2) is 5.96 Å². The number of hydrogen-bond acceptors (Lipinski definition) is 3. The summed E-state index contributed by atoms with van der Waals surface area (Å²) in [4.78, 5) is 18.4. The van der Waals surface area contributed by atoms with Gasteiger partial charge < -0.3 is 20.3 Å². The molecule has 1 unspecified atom stereocenters. The van der Waals surface area contributed by atoms with E-state index in [1.54, 1.807) is 0 Å². The van der Waals surface area contributed by atoms with Gasteiger partial charge in [0, 0.05) is 42.7 Å². The van der Waals surface area contributed by atoms with Crippen LogP contribution >= 0.6 is 11.6 Å². The number of carbonyl (C=O) groups excluding carboxylic acids is 1.